The van der Waals surface area contributed by atoms with Crippen molar-refractivity contribution in [3.63, 3.8) is 0 Å². The smallest absolute Gasteiger partial charge is 0.251 e. The van der Waals surface area contributed by atoms with Crippen LogP contribution >= 0.6 is 0 Å². The first-order valence-electron chi connectivity index (χ1n) is 9.12. The third kappa shape index (κ3) is 7.38. The largest absolute Gasteiger partial charge is 0.357 e. The second kappa shape index (κ2) is 11.7. The Labute approximate surface area is 154 Å². The van der Waals surface area contributed by atoms with E-state index in [1.165, 1.54) is 0 Å². The Morgan fingerprint density at radius 3 is 2.62 bits per heavy atom. The van der Waals surface area contributed by atoms with Crippen LogP contribution in [0.2, 0.25) is 0 Å². The van der Waals surface area contributed by atoms with E-state index in [0.29, 0.717) is 12.1 Å². The summed E-state index contributed by atoms with van der Waals surface area (Å²) in [5, 5.41) is 13.6. The van der Waals surface area contributed by atoms with Crippen LogP contribution in [0.25, 0.3) is 0 Å². The van der Waals surface area contributed by atoms with Crippen LogP contribution in [-0.2, 0) is 6.54 Å². The number of hydrogen-bond acceptors (Lipinski definition) is 3. The van der Waals surface area contributed by atoms with Crippen molar-refractivity contribution in [2.24, 2.45) is 4.99 Å². The highest BCUT2D eigenvalue weighted by molar-refractivity contribution is 5.94. The monoisotopic (exact) mass is 356 g/mol. The minimum Gasteiger partial charge on any atom is -0.357 e. The summed E-state index contributed by atoms with van der Waals surface area (Å²) in [5.74, 6) is 0.771. The fourth-order valence-corrected chi connectivity index (χ4v) is 2.39. The molecule has 1 amide bonds. The molecular weight excluding hydrogens is 328 g/mol. The summed E-state index contributed by atoms with van der Waals surface area (Å²) in [4.78, 5) is 16.5. The van der Waals surface area contributed by atoms with Crippen molar-refractivity contribution in [2.45, 2.75) is 26.3 Å². The average Bonchev–Trinajstić information content (AvgIpc) is 3.19. The van der Waals surface area contributed by atoms with Crippen molar-refractivity contribution >= 4 is 11.9 Å². The van der Waals surface area contributed by atoms with Gasteiger partial charge in [0.2, 0.25) is 0 Å². The van der Waals surface area contributed by atoms with E-state index in [4.69, 9.17) is 0 Å². The van der Waals surface area contributed by atoms with Gasteiger partial charge in [-0.3, -0.25) is 14.5 Å². The molecule has 26 heavy (non-hydrogen) atoms. The van der Waals surface area contributed by atoms with Gasteiger partial charge in [-0.15, -0.1) is 0 Å². The maximum Gasteiger partial charge on any atom is 0.251 e. The zero-order valence-corrected chi connectivity index (χ0v) is 15.3. The Hall–Kier alpha value is -2.83. The molecule has 1 aromatic carbocycles. The molecule has 0 radical (unpaired) electrons. The molecule has 0 aliphatic carbocycles. The lowest BCUT2D eigenvalue weighted by atomic mass is 10.2. The highest BCUT2D eigenvalue weighted by Gasteiger charge is 2.03. The Balaban J connectivity index is 1.61. The molecule has 0 bridgehead atoms. The molecule has 0 aliphatic heterocycles. The first-order chi connectivity index (χ1) is 12.8. The van der Waals surface area contributed by atoms with Crippen LogP contribution in [0.15, 0.2) is 53.8 Å². The molecule has 1 aromatic heterocycles. The SMILES string of the molecule is CCNC(=NCCCn1cccn1)NCCCNC(=O)c1ccccc1. The minimum absolute atomic E-state index is 0.0372. The number of rotatable bonds is 10. The first kappa shape index (κ1) is 19.5. The third-order valence-corrected chi connectivity index (χ3v) is 3.69. The molecule has 7 heteroatoms. The van der Waals surface area contributed by atoms with Gasteiger partial charge in [0.05, 0.1) is 0 Å². The van der Waals surface area contributed by atoms with Crippen molar-refractivity contribution in [3.8, 4) is 0 Å². The van der Waals surface area contributed by atoms with E-state index >= 15 is 0 Å². The number of benzene rings is 1. The summed E-state index contributed by atoms with van der Waals surface area (Å²) >= 11 is 0. The first-order valence-corrected chi connectivity index (χ1v) is 9.12. The summed E-state index contributed by atoms with van der Waals surface area (Å²) in [5.41, 5.74) is 0.688. The van der Waals surface area contributed by atoms with Crippen molar-refractivity contribution in [2.75, 3.05) is 26.2 Å². The Kier molecular flexibility index (Phi) is 8.76. The molecule has 140 valence electrons. The zero-order chi connectivity index (χ0) is 18.5. The van der Waals surface area contributed by atoms with Gasteiger partial charge < -0.3 is 16.0 Å². The Bertz CT molecular complexity index is 654. The number of carbonyl (C=O) groups is 1. The Morgan fingerprint density at radius 2 is 1.88 bits per heavy atom. The predicted molar refractivity (Wildman–Crippen MR) is 104 cm³/mol. The Morgan fingerprint density at radius 1 is 1.08 bits per heavy atom. The molecule has 0 saturated carbocycles. The standard InChI is InChI=1S/C19H28N6O/c1-2-20-19(23-13-7-15-25-16-8-14-24-25)22-12-6-11-21-18(26)17-9-4-3-5-10-17/h3-5,8-10,14,16H,2,6-7,11-13,15H2,1H3,(H,21,26)(H2,20,22,23). The number of guanidine groups is 1. The number of aryl methyl sites for hydroxylation is 1. The summed E-state index contributed by atoms with van der Waals surface area (Å²) in [6, 6.07) is 11.2. The molecule has 0 atom stereocenters. The lowest BCUT2D eigenvalue weighted by Crippen LogP contribution is -2.39. The number of amides is 1. The zero-order valence-electron chi connectivity index (χ0n) is 15.3. The molecule has 0 saturated heterocycles. The van der Waals surface area contributed by atoms with Crippen LogP contribution in [0.4, 0.5) is 0 Å². The van der Waals surface area contributed by atoms with Crippen LogP contribution in [0.1, 0.15) is 30.1 Å². The highest BCUT2D eigenvalue weighted by atomic mass is 16.1. The molecule has 0 unspecified atom stereocenters. The topological polar surface area (TPSA) is 83.3 Å². The van der Waals surface area contributed by atoms with Gasteiger partial charge in [0.15, 0.2) is 5.96 Å². The summed E-state index contributed by atoms with van der Waals surface area (Å²) in [6.45, 7) is 5.83. The molecular formula is C19H28N6O. The van der Waals surface area contributed by atoms with Crippen LogP contribution in [0, 0.1) is 0 Å². The highest BCUT2D eigenvalue weighted by Crippen LogP contribution is 1.97. The maximum atomic E-state index is 11.9. The lowest BCUT2D eigenvalue weighted by Gasteiger charge is -2.11. The number of nitrogens with one attached hydrogen (secondary N) is 3. The number of carbonyl (C=O) groups excluding carboxylic acids is 1. The van der Waals surface area contributed by atoms with E-state index in [1.54, 1.807) is 6.20 Å². The summed E-state index contributed by atoms with van der Waals surface area (Å²) in [7, 11) is 0. The van der Waals surface area contributed by atoms with Gasteiger partial charge in [0, 0.05) is 50.7 Å². The van der Waals surface area contributed by atoms with E-state index in [-0.39, 0.29) is 5.91 Å². The third-order valence-electron chi connectivity index (χ3n) is 3.69. The summed E-state index contributed by atoms with van der Waals surface area (Å²) < 4.78 is 1.91. The molecule has 2 aromatic rings. The number of nitrogens with zero attached hydrogens (tertiary/aromatic N) is 3. The van der Waals surface area contributed by atoms with Crippen LogP contribution in [0.3, 0.4) is 0 Å². The molecule has 7 nitrogen and oxygen atoms in total. The van der Waals surface area contributed by atoms with Gasteiger partial charge in [-0.05, 0) is 38.0 Å². The molecule has 0 aliphatic rings. The lowest BCUT2D eigenvalue weighted by molar-refractivity contribution is 0.0953. The van der Waals surface area contributed by atoms with Gasteiger partial charge in [-0.1, -0.05) is 18.2 Å². The second-order valence-electron chi connectivity index (χ2n) is 5.79. The molecule has 0 spiro atoms. The molecule has 0 fully saturated rings. The average molecular weight is 356 g/mol. The van der Waals surface area contributed by atoms with E-state index in [1.807, 2.05) is 54.2 Å². The second-order valence-corrected chi connectivity index (χ2v) is 5.79. The maximum absolute atomic E-state index is 11.9. The predicted octanol–water partition coefficient (Wildman–Crippen LogP) is 1.65. The minimum atomic E-state index is -0.0372. The number of aromatic nitrogens is 2. The van der Waals surface area contributed by atoms with Gasteiger partial charge in [0.1, 0.15) is 0 Å². The van der Waals surface area contributed by atoms with E-state index < -0.39 is 0 Å². The van der Waals surface area contributed by atoms with Crippen molar-refractivity contribution in [1.82, 2.24) is 25.7 Å². The summed E-state index contributed by atoms with van der Waals surface area (Å²) in [6.07, 6.45) is 5.50. The van der Waals surface area contributed by atoms with Gasteiger partial charge >= 0.3 is 0 Å². The molecule has 2 rings (SSSR count). The molecule has 3 N–H and O–H groups in total. The van der Waals surface area contributed by atoms with Crippen LogP contribution < -0.4 is 16.0 Å². The van der Waals surface area contributed by atoms with E-state index in [9.17, 15) is 4.79 Å². The van der Waals surface area contributed by atoms with Crippen LogP contribution in [0.5, 0.6) is 0 Å². The van der Waals surface area contributed by atoms with E-state index in [0.717, 1.165) is 45.0 Å². The van der Waals surface area contributed by atoms with Gasteiger partial charge in [-0.2, -0.15) is 5.10 Å². The van der Waals surface area contributed by atoms with Crippen molar-refractivity contribution in [3.05, 3.63) is 54.4 Å². The molecule has 1 heterocycles. The van der Waals surface area contributed by atoms with Gasteiger partial charge in [-0.25, -0.2) is 0 Å². The van der Waals surface area contributed by atoms with Gasteiger partial charge in [0.25, 0.3) is 5.91 Å². The van der Waals surface area contributed by atoms with Crippen molar-refractivity contribution in [1.29, 1.82) is 0 Å². The van der Waals surface area contributed by atoms with Crippen molar-refractivity contribution < 1.29 is 4.79 Å². The fourth-order valence-electron chi connectivity index (χ4n) is 2.39. The fraction of sp³-hybridized carbons (Fsp3) is 0.421. The number of hydrogen-bond donors (Lipinski definition) is 3. The normalized spacial score (nSPS) is 11.2. The van der Waals surface area contributed by atoms with E-state index in [2.05, 4.69) is 26.0 Å². The van der Waals surface area contributed by atoms with Crippen LogP contribution in [-0.4, -0.2) is 47.8 Å². The quantitative estimate of drug-likeness (QED) is 0.343. The number of aliphatic imine (C=N–C) groups is 1.